The Labute approximate surface area is 213 Å². The largest absolute Gasteiger partial charge is 0.354 e. The molecule has 0 saturated carbocycles. The van der Waals surface area contributed by atoms with Crippen LogP contribution < -0.4 is 11.4 Å². The SMILES string of the molecule is C[C@H](N)CCCc1cc(-c2cc3cn(-c4ccc(C(C)(C)C)cc4)c(=O)nc3[nH]2)cc2c1CCCC2. The summed E-state index contributed by atoms with van der Waals surface area (Å²) < 4.78 is 1.64. The standard InChI is InChI=1S/C31H38N4O/c1-20(32)8-7-10-22-17-23(16-21-9-5-6-11-27(21)22)28-18-24-19-35(30(36)34-29(24)33-28)26-14-12-25(13-15-26)31(2,3)4/h12-20H,5-11,32H2,1-4H3,(H,33,34,36)/t20-/m0/s1. The van der Waals surface area contributed by atoms with Crippen molar-refractivity contribution >= 4 is 11.0 Å². The van der Waals surface area contributed by atoms with Gasteiger partial charge >= 0.3 is 5.69 Å². The van der Waals surface area contributed by atoms with Crippen molar-refractivity contribution in [3.63, 3.8) is 0 Å². The van der Waals surface area contributed by atoms with E-state index in [1.807, 2.05) is 18.3 Å². The molecule has 0 radical (unpaired) electrons. The first kappa shape index (κ1) is 24.5. The first-order valence-corrected chi connectivity index (χ1v) is 13.3. The van der Waals surface area contributed by atoms with Gasteiger partial charge in [-0.25, -0.2) is 4.79 Å². The highest BCUT2D eigenvalue weighted by Crippen LogP contribution is 2.32. The summed E-state index contributed by atoms with van der Waals surface area (Å²) >= 11 is 0. The molecule has 0 aliphatic heterocycles. The molecule has 0 saturated heterocycles. The molecule has 1 atom stereocenters. The number of aromatic amines is 1. The summed E-state index contributed by atoms with van der Waals surface area (Å²) in [5, 5.41) is 0.931. The number of benzene rings is 2. The van der Waals surface area contributed by atoms with Crippen LogP contribution in [0.4, 0.5) is 0 Å². The summed E-state index contributed by atoms with van der Waals surface area (Å²) in [4.78, 5) is 20.7. The van der Waals surface area contributed by atoms with Crippen LogP contribution in [0.3, 0.4) is 0 Å². The van der Waals surface area contributed by atoms with E-state index in [0.29, 0.717) is 5.65 Å². The lowest BCUT2D eigenvalue weighted by atomic mass is 9.84. The van der Waals surface area contributed by atoms with Crippen LogP contribution in [-0.4, -0.2) is 20.6 Å². The maximum Gasteiger partial charge on any atom is 0.354 e. The first-order chi connectivity index (χ1) is 17.2. The summed E-state index contributed by atoms with van der Waals surface area (Å²) in [6.07, 6.45) is 9.93. The van der Waals surface area contributed by atoms with E-state index in [2.05, 4.69) is 68.0 Å². The van der Waals surface area contributed by atoms with Crippen molar-refractivity contribution < 1.29 is 0 Å². The number of hydrogen-bond donors (Lipinski definition) is 2. The molecule has 0 amide bonds. The molecule has 1 aliphatic rings. The minimum atomic E-state index is -0.276. The Bertz CT molecular complexity index is 1430. The topological polar surface area (TPSA) is 76.7 Å². The van der Waals surface area contributed by atoms with E-state index < -0.39 is 0 Å². The zero-order valence-corrected chi connectivity index (χ0v) is 22.0. The third-order valence-electron chi connectivity index (χ3n) is 7.49. The Kier molecular flexibility index (Phi) is 6.60. The summed E-state index contributed by atoms with van der Waals surface area (Å²) in [6, 6.07) is 15.2. The third kappa shape index (κ3) is 5.03. The number of nitrogens with one attached hydrogen (secondary N) is 1. The summed E-state index contributed by atoms with van der Waals surface area (Å²) in [5.74, 6) is 0. The molecule has 0 fully saturated rings. The average Bonchev–Trinajstić information content (AvgIpc) is 3.25. The smallest absolute Gasteiger partial charge is 0.339 e. The Morgan fingerprint density at radius 2 is 1.83 bits per heavy atom. The second kappa shape index (κ2) is 9.70. The molecule has 2 heterocycles. The van der Waals surface area contributed by atoms with Crippen LogP contribution in [0.1, 0.15) is 75.6 Å². The molecule has 0 spiro atoms. The number of aromatic nitrogens is 3. The molecule has 3 N–H and O–H groups in total. The van der Waals surface area contributed by atoms with Gasteiger partial charge in [-0.1, -0.05) is 32.9 Å². The maximum atomic E-state index is 12.9. The van der Waals surface area contributed by atoms with Gasteiger partial charge in [0.05, 0.1) is 5.69 Å². The zero-order valence-electron chi connectivity index (χ0n) is 22.0. The van der Waals surface area contributed by atoms with Crippen molar-refractivity contribution in [1.29, 1.82) is 0 Å². The average molecular weight is 483 g/mol. The number of nitrogens with two attached hydrogens (primary N) is 1. The van der Waals surface area contributed by atoms with Gasteiger partial charge < -0.3 is 10.7 Å². The molecule has 5 rings (SSSR count). The monoisotopic (exact) mass is 482 g/mol. The van der Waals surface area contributed by atoms with Crippen LogP contribution in [0.25, 0.3) is 28.0 Å². The van der Waals surface area contributed by atoms with Crippen molar-refractivity contribution in [2.24, 2.45) is 5.73 Å². The number of fused-ring (bicyclic) bond motifs is 2. The number of aryl methyl sites for hydroxylation is 2. The summed E-state index contributed by atoms with van der Waals surface area (Å²) in [7, 11) is 0. The Morgan fingerprint density at radius 1 is 1.08 bits per heavy atom. The second-order valence-corrected chi connectivity index (χ2v) is 11.5. The fourth-order valence-electron chi connectivity index (χ4n) is 5.41. The molecular formula is C31H38N4O. The molecule has 36 heavy (non-hydrogen) atoms. The quantitative estimate of drug-likeness (QED) is 0.342. The lowest BCUT2D eigenvalue weighted by molar-refractivity contribution is 0.590. The first-order valence-electron chi connectivity index (χ1n) is 13.3. The van der Waals surface area contributed by atoms with Crippen molar-refractivity contribution in [2.75, 3.05) is 0 Å². The fraction of sp³-hybridized carbons (Fsp3) is 0.419. The lowest BCUT2D eigenvalue weighted by Crippen LogP contribution is -2.20. The lowest BCUT2D eigenvalue weighted by Gasteiger charge is -2.21. The Balaban J connectivity index is 1.51. The normalized spacial score (nSPS) is 14.7. The highest BCUT2D eigenvalue weighted by Gasteiger charge is 2.18. The molecule has 0 bridgehead atoms. The predicted molar refractivity (Wildman–Crippen MR) is 149 cm³/mol. The van der Waals surface area contributed by atoms with Gasteiger partial charge in [-0.15, -0.1) is 0 Å². The van der Waals surface area contributed by atoms with Crippen LogP contribution in [0.5, 0.6) is 0 Å². The molecular weight excluding hydrogens is 444 g/mol. The highest BCUT2D eigenvalue weighted by atomic mass is 16.1. The van der Waals surface area contributed by atoms with Crippen LogP contribution in [0, 0.1) is 0 Å². The van der Waals surface area contributed by atoms with Gasteiger partial charge in [0, 0.05) is 23.3 Å². The van der Waals surface area contributed by atoms with E-state index in [4.69, 9.17) is 5.73 Å². The molecule has 5 heteroatoms. The molecule has 2 aromatic carbocycles. The molecule has 4 aromatic rings. The minimum absolute atomic E-state index is 0.0670. The van der Waals surface area contributed by atoms with Crippen molar-refractivity contribution in [1.82, 2.24) is 14.5 Å². The number of H-pyrrole nitrogens is 1. The predicted octanol–water partition coefficient (Wildman–Crippen LogP) is 6.23. The van der Waals surface area contributed by atoms with Gasteiger partial charge in [0.1, 0.15) is 5.65 Å². The van der Waals surface area contributed by atoms with Crippen LogP contribution >= 0.6 is 0 Å². The number of rotatable bonds is 6. The van der Waals surface area contributed by atoms with E-state index in [0.717, 1.165) is 42.5 Å². The summed E-state index contributed by atoms with van der Waals surface area (Å²) in [6.45, 7) is 8.65. The van der Waals surface area contributed by atoms with Crippen molar-refractivity contribution in [3.05, 3.63) is 81.4 Å². The minimum Gasteiger partial charge on any atom is -0.339 e. The number of hydrogen-bond acceptors (Lipinski definition) is 3. The zero-order chi connectivity index (χ0) is 25.4. The molecule has 2 aromatic heterocycles. The van der Waals surface area contributed by atoms with Crippen molar-refractivity contribution in [2.45, 2.75) is 84.1 Å². The van der Waals surface area contributed by atoms with Crippen molar-refractivity contribution in [3.8, 4) is 16.9 Å². The maximum absolute atomic E-state index is 12.9. The third-order valence-corrected chi connectivity index (χ3v) is 7.49. The van der Waals surface area contributed by atoms with Gasteiger partial charge in [0.25, 0.3) is 0 Å². The fourth-order valence-corrected chi connectivity index (χ4v) is 5.41. The van der Waals surface area contributed by atoms with Gasteiger partial charge in [0.2, 0.25) is 0 Å². The van der Waals surface area contributed by atoms with Crippen LogP contribution in [0.2, 0.25) is 0 Å². The van der Waals surface area contributed by atoms with E-state index in [9.17, 15) is 4.79 Å². The Morgan fingerprint density at radius 3 is 2.56 bits per heavy atom. The van der Waals surface area contributed by atoms with E-state index in [-0.39, 0.29) is 17.1 Å². The van der Waals surface area contributed by atoms with Gasteiger partial charge in [0.15, 0.2) is 0 Å². The number of nitrogens with zero attached hydrogens (tertiary/aromatic N) is 2. The van der Waals surface area contributed by atoms with E-state index in [1.54, 1.807) is 10.1 Å². The second-order valence-electron chi connectivity index (χ2n) is 11.5. The molecule has 188 valence electrons. The van der Waals surface area contributed by atoms with Crippen LogP contribution in [0.15, 0.2) is 53.5 Å². The van der Waals surface area contributed by atoms with E-state index >= 15 is 0 Å². The van der Waals surface area contributed by atoms with Crippen LogP contribution in [-0.2, 0) is 24.7 Å². The Hall–Kier alpha value is -3.18. The molecule has 0 unspecified atom stereocenters. The van der Waals surface area contributed by atoms with Gasteiger partial charge in [-0.05, 0) is 115 Å². The highest BCUT2D eigenvalue weighted by molar-refractivity contribution is 5.83. The summed E-state index contributed by atoms with van der Waals surface area (Å²) in [5.41, 5.74) is 15.2. The van der Waals surface area contributed by atoms with Gasteiger partial charge in [-0.3, -0.25) is 4.57 Å². The molecule has 1 aliphatic carbocycles. The molecule has 5 nitrogen and oxygen atoms in total. The van der Waals surface area contributed by atoms with E-state index in [1.165, 1.54) is 41.5 Å². The van der Waals surface area contributed by atoms with Gasteiger partial charge in [-0.2, -0.15) is 4.98 Å².